The van der Waals surface area contributed by atoms with Gasteiger partial charge in [0.1, 0.15) is 48.7 Å². The lowest BCUT2D eigenvalue weighted by molar-refractivity contribution is -0.208. The molecule has 1 fully saturated rings. The Kier molecular flexibility index (Phi) is 14.3. The zero-order chi connectivity index (χ0) is 44.6. The fourth-order valence-corrected chi connectivity index (χ4v) is 10.7. The van der Waals surface area contributed by atoms with Crippen LogP contribution in [0.15, 0.2) is 34.9 Å². The summed E-state index contributed by atoms with van der Waals surface area (Å²) in [5.41, 5.74) is 0.189. The molecule has 3 N–H and O–H groups in total. The molecule has 0 aromatic rings. The van der Waals surface area contributed by atoms with E-state index in [0.717, 1.165) is 36.0 Å². The first-order valence-electron chi connectivity index (χ1n) is 21.3. The van der Waals surface area contributed by atoms with Crippen LogP contribution >= 0.6 is 0 Å². The summed E-state index contributed by atoms with van der Waals surface area (Å²) in [5, 5.41) is 17.6. The van der Waals surface area contributed by atoms with Crippen molar-refractivity contribution < 1.29 is 52.8 Å². The maximum atomic E-state index is 13.5. The van der Waals surface area contributed by atoms with E-state index in [1.54, 1.807) is 41.5 Å². The predicted molar refractivity (Wildman–Crippen MR) is 223 cm³/mol. The predicted octanol–water partition coefficient (Wildman–Crippen LogP) is 7.89. The lowest BCUT2D eigenvalue weighted by Crippen LogP contribution is -2.64. The number of ether oxygens (including phenoxy) is 5. The minimum atomic E-state index is -1.17. The average Bonchev–Trinajstić information content (AvgIpc) is 3.44. The molecule has 59 heavy (non-hydrogen) atoms. The number of carbonyl (C=O) groups is 5. The number of rotatable bonds is 12. The molecule has 0 radical (unpaired) electrons. The highest BCUT2D eigenvalue weighted by atomic mass is 16.6. The molecule has 4 aliphatic carbocycles. The van der Waals surface area contributed by atoms with Gasteiger partial charge in [0.15, 0.2) is 0 Å². The van der Waals surface area contributed by atoms with Crippen LogP contribution in [0, 0.1) is 39.9 Å². The zero-order valence-corrected chi connectivity index (χ0v) is 38.1. The van der Waals surface area contributed by atoms with E-state index in [1.165, 1.54) is 12.5 Å². The first kappa shape index (κ1) is 47.8. The highest BCUT2D eigenvalue weighted by Crippen LogP contribution is 2.67. The maximum absolute atomic E-state index is 13.5. The number of fused-ring (bicyclic) bond motifs is 4. The summed E-state index contributed by atoms with van der Waals surface area (Å²) < 4.78 is 29.1. The van der Waals surface area contributed by atoms with Gasteiger partial charge in [-0.05, 0) is 126 Å². The Balaban J connectivity index is 1.73. The third-order valence-corrected chi connectivity index (χ3v) is 13.2. The van der Waals surface area contributed by atoms with Gasteiger partial charge in [0.05, 0.1) is 0 Å². The van der Waals surface area contributed by atoms with Crippen LogP contribution < -0.4 is 10.6 Å². The fourth-order valence-electron chi connectivity index (χ4n) is 10.7. The fraction of sp³-hybridized carbons (Fsp3) is 0.761. The van der Waals surface area contributed by atoms with E-state index in [0.29, 0.717) is 18.8 Å². The van der Waals surface area contributed by atoms with Crippen molar-refractivity contribution in [3.8, 4) is 0 Å². The second-order valence-electron chi connectivity index (χ2n) is 20.6. The molecule has 4 aliphatic rings. The quantitative estimate of drug-likeness (QED) is 0.0991. The number of hydrogen-bond donors (Lipinski definition) is 3. The van der Waals surface area contributed by atoms with E-state index in [4.69, 9.17) is 23.7 Å². The smallest absolute Gasteiger partial charge is 0.408 e. The average molecular weight is 829 g/mol. The molecule has 0 spiro atoms. The van der Waals surface area contributed by atoms with Crippen molar-refractivity contribution in [3.05, 3.63) is 34.9 Å². The van der Waals surface area contributed by atoms with E-state index in [-0.39, 0.29) is 24.2 Å². The normalized spacial score (nSPS) is 30.4. The van der Waals surface area contributed by atoms with Crippen LogP contribution in [-0.4, -0.2) is 83.9 Å². The summed E-state index contributed by atoms with van der Waals surface area (Å²) in [6.07, 6.45) is 0.692. The molecule has 13 heteroatoms. The molecule has 0 bridgehead atoms. The van der Waals surface area contributed by atoms with Crippen LogP contribution in [0.25, 0.3) is 0 Å². The Morgan fingerprint density at radius 1 is 0.864 bits per heavy atom. The largest absolute Gasteiger partial charge is 0.458 e. The standard InChI is InChI=1S/C46H72N2O11/c1-25(2)26(3)16-17-27(4)30-19-20-31-29-18-21-33-44(12,13)38(57-35(51)24-48-41(54)59-43(9,10)11)32(56-34(50)23-47-40(53)58-42(6,7)8)22-45(33,14)36(29)37(52)39(46(30,31)15)55-28(5)49/h20,25,27,30,32-33,37-39,52H,3,16-19,21-24H2,1-2,4-15H3,(H,47,53)(H,48,54)/t27-,30-,32-,33+,37-,38+,39+,45+,46-/m1/s1. The van der Waals surface area contributed by atoms with Gasteiger partial charge in [-0.3, -0.25) is 14.4 Å². The van der Waals surface area contributed by atoms with Crippen molar-refractivity contribution in [1.29, 1.82) is 0 Å². The summed E-state index contributed by atoms with van der Waals surface area (Å²) in [4.78, 5) is 64.8. The summed E-state index contributed by atoms with van der Waals surface area (Å²) in [6, 6.07) is 0. The van der Waals surface area contributed by atoms with Gasteiger partial charge in [-0.2, -0.15) is 0 Å². The van der Waals surface area contributed by atoms with Crippen molar-refractivity contribution in [3.63, 3.8) is 0 Å². The van der Waals surface area contributed by atoms with E-state index in [2.05, 4.69) is 57.9 Å². The number of hydrogen-bond acceptors (Lipinski definition) is 11. The number of amides is 2. The summed E-state index contributed by atoms with van der Waals surface area (Å²) in [6.45, 7) is 29.6. The van der Waals surface area contributed by atoms with Crippen molar-refractivity contribution in [2.75, 3.05) is 13.1 Å². The third-order valence-electron chi connectivity index (χ3n) is 13.2. The molecule has 9 atom stereocenters. The van der Waals surface area contributed by atoms with Gasteiger partial charge in [0.25, 0.3) is 0 Å². The number of carbonyl (C=O) groups excluding carboxylic acids is 5. The number of aliphatic hydroxyl groups excluding tert-OH is 1. The van der Waals surface area contributed by atoms with Gasteiger partial charge in [0, 0.05) is 17.8 Å². The van der Waals surface area contributed by atoms with Gasteiger partial charge >= 0.3 is 30.1 Å². The van der Waals surface area contributed by atoms with E-state index < -0.39 is 95.0 Å². The molecule has 0 aromatic carbocycles. The molecular formula is C46H72N2O11. The minimum absolute atomic E-state index is 0.100. The molecule has 13 nitrogen and oxygen atoms in total. The lowest BCUT2D eigenvalue weighted by Gasteiger charge is -2.62. The molecule has 4 rings (SSSR count). The maximum Gasteiger partial charge on any atom is 0.408 e. The molecule has 0 saturated heterocycles. The second-order valence-corrected chi connectivity index (χ2v) is 20.6. The van der Waals surface area contributed by atoms with Crippen LogP contribution in [0.2, 0.25) is 0 Å². The molecule has 0 aromatic heterocycles. The van der Waals surface area contributed by atoms with Crippen molar-refractivity contribution in [2.24, 2.45) is 39.9 Å². The number of alkyl carbamates (subject to hydrolysis) is 2. The van der Waals surface area contributed by atoms with Crippen LogP contribution in [0.5, 0.6) is 0 Å². The monoisotopic (exact) mass is 829 g/mol. The number of allylic oxidation sites excluding steroid dienone is 3. The SMILES string of the molecule is C=C(CC[C@@H](C)[C@H]1CC=C2C3=C([C@@H](O)[C@H](OC(C)=O)[C@@]21C)[C@@]1(C)C[C@@H](OC(=O)CNC(=O)OC(C)(C)C)[C@H](OC(=O)CNC(=O)OC(C)(C)C)C(C)(C)[C@@H]1CC3)C(C)C. The molecule has 0 aliphatic heterocycles. The minimum Gasteiger partial charge on any atom is -0.458 e. The molecule has 332 valence electrons. The van der Waals surface area contributed by atoms with Crippen LogP contribution in [0.3, 0.4) is 0 Å². The summed E-state index contributed by atoms with van der Waals surface area (Å²) in [5.74, 6) is -1.48. The van der Waals surface area contributed by atoms with E-state index >= 15 is 0 Å². The summed E-state index contributed by atoms with van der Waals surface area (Å²) >= 11 is 0. The number of aliphatic hydroxyl groups is 1. The van der Waals surface area contributed by atoms with E-state index in [9.17, 15) is 29.1 Å². The highest BCUT2D eigenvalue weighted by molar-refractivity contribution is 5.79. The molecule has 0 heterocycles. The molecule has 0 unspecified atom stereocenters. The van der Waals surface area contributed by atoms with Crippen molar-refractivity contribution in [2.45, 2.75) is 171 Å². The first-order valence-corrected chi connectivity index (χ1v) is 21.3. The van der Waals surface area contributed by atoms with E-state index in [1.807, 2.05) is 13.8 Å². The van der Waals surface area contributed by atoms with Gasteiger partial charge in [-0.15, -0.1) is 0 Å². The van der Waals surface area contributed by atoms with Crippen molar-refractivity contribution in [1.82, 2.24) is 10.6 Å². The van der Waals surface area contributed by atoms with Crippen LogP contribution in [-0.2, 0) is 38.1 Å². The molecule has 1 saturated carbocycles. The Bertz CT molecular complexity index is 1710. The van der Waals surface area contributed by atoms with Gasteiger partial charge < -0.3 is 39.4 Å². The Hall–Kier alpha value is -3.87. The topological polar surface area (TPSA) is 176 Å². The lowest BCUT2D eigenvalue weighted by atomic mass is 9.45. The van der Waals surface area contributed by atoms with Crippen LogP contribution in [0.1, 0.15) is 135 Å². The number of nitrogens with one attached hydrogen (secondary N) is 2. The van der Waals surface area contributed by atoms with Crippen LogP contribution in [0.4, 0.5) is 9.59 Å². The molecule has 2 amide bonds. The molecular weight excluding hydrogens is 757 g/mol. The Morgan fingerprint density at radius 3 is 1.92 bits per heavy atom. The third kappa shape index (κ3) is 10.5. The number of esters is 3. The Morgan fingerprint density at radius 2 is 1.41 bits per heavy atom. The first-order chi connectivity index (χ1) is 27.0. The highest BCUT2D eigenvalue weighted by Gasteiger charge is 2.66. The summed E-state index contributed by atoms with van der Waals surface area (Å²) in [7, 11) is 0. The van der Waals surface area contributed by atoms with Crippen molar-refractivity contribution >= 4 is 30.1 Å². The zero-order valence-electron chi connectivity index (χ0n) is 38.1. The Labute approximate surface area is 351 Å². The van der Waals surface area contributed by atoms with Gasteiger partial charge in [-0.25, -0.2) is 9.59 Å². The van der Waals surface area contributed by atoms with Gasteiger partial charge in [0.2, 0.25) is 0 Å². The second kappa shape index (κ2) is 17.6. The van der Waals surface area contributed by atoms with Gasteiger partial charge in [-0.1, -0.05) is 66.7 Å².